The molecular formula is C14H11NO3. The minimum Gasteiger partial charge on any atom is -0.508 e. The zero-order valence-corrected chi connectivity index (χ0v) is 9.50. The summed E-state index contributed by atoms with van der Waals surface area (Å²) in [6.07, 6.45) is 2.63. The number of aliphatic carboxylic acids is 1. The van der Waals surface area contributed by atoms with Crippen molar-refractivity contribution in [2.45, 2.75) is 6.42 Å². The number of aliphatic hydroxyl groups is 1. The predicted molar refractivity (Wildman–Crippen MR) is 65.4 cm³/mol. The Morgan fingerprint density at radius 3 is 2.56 bits per heavy atom. The second-order valence-electron chi connectivity index (χ2n) is 4.17. The van der Waals surface area contributed by atoms with E-state index < -0.39 is 11.4 Å². The van der Waals surface area contributed by atoms with Gasteiger partial charge in [0.15, 0.2) is 5.41 Å². The first-order valence-electron chi connectivity index (χ1n) is 5.40. The third-order valence-corrected chi connectivity index (χ3v) is 2.91. The van der Waals surface area contributed by atoms with Gasteiger partial charge in [-0.05, 0) is 23.3 Å². The van der Waals surface area contributed by atoms with Gasteiger partial charge in [-0.3, -0.25) is 4.79 Å². The number of carboxylic acids is 1. The van der Waals surface area contributed by atoms with Gasteiger partial charge in [0.25, 0.3) is 0 Å². The third-order valence-electron chi connectivity index (χ3n) is 2.91. The van der Waals surface area contributed by atoms with E-state index in [1.54, 1.807) is 6.07 Å². The number of benzene rings is 1. The van der Waals surface area contributed by atoms with Gasteiger partial charge >= 0.3 is 5.97 Å². The average Bonchev–Trinajstić information content (AvgIpc) is 2.38. The maximum Gasteiger partial charge on any atom is 0.328 e. The molecule has 4 nitrogen and oxygen atoms in total. The highest BCUT2D eigenvalue weighted by molar-refractivity contribution is 5.86. The van der Waals surface area contributed by atoms with Gasteiger partial charge < -0.3 is 10.2 Å². The fourth-order valence-electron chi connectivity index (χ4n) is 1.97. The molecule has 1 aromatic rings. The van der Waals surface area contributed by atoms with Crippen LogP contribution < -0.4 is 0 Å². The van der Waals surface area contributed by atoms with Gasteiger partial charge in [-0.1, -0.05) is 30.3 Å². The minimum atomic E-state index is -1.69. The maximum atomic E-state index is 11.2. The molecule has 0 saturated carbocycles. The molecule has 0 aromatic heterocycles. The molecule has 1 aromatic carbocycles. The lowest BCUT2D eigenvalue weighted by molar-refractivity contribution is -0.143. The van der Waals surface area contributed by atoms with Crippen LogP contribution in [0.3, 0.4) is 0 Å². The van der Waals surface area contributed by atoms with E-state index in [9.17, 15) is 9.90 Å². The number of hydrogen-bond donors (Lipinski definition) is 2. The van der Waals surface area contributed by atoms with E-state index in [4.69, 9.17) is 10.4 Å². The normalized spacial score (nSPS) is 22.6. The average molecular weight is 241 g/mol. The highest BCUT2D eigenvalue weighted by Gasteiger charge is 2.40. The van der Waals surface area contributed by atoms with Crippen LogP contribution in [0.25, 0.3) is 5.57 Å². The Morgan fingerprint density at radius 2 is 2.00 bits per heavy atom. The van der Waals surface area contributed by atoms with Crippen molar-refractivity contribution < 1.29 is 15.0 Å². The van der Waals surface area contributed by atoms with Crippen LogP contribution in [0.15, 0.2) is 48.2 Å². The lowest BCUT2D eigenvalue weighted by atomic mass is 9.77. The Hall–Kier alpha value is -2.54. The smallest absolute Gasteiger partial charge is 0.328 e. The van der Waals surface area contributed by atoms with Crippen molar-refractivity contribution in [1.29, 1.82) is 5.26 Å². The van der Waals surface area contributed by atoms with E-state index in [-0.39, 0.29) is 12.2 Å². The molecule has 1 atom stereocenters. The summed E-state index contributed by atoms with van der Waals surface area (Å²) in [6.45, 7) is 0. The van der Waals surface area contributed by atoms with E-state index in [0.717, 1.165) is 11.6 Å². The van der Waals surface area contributed by atoms with E-state index in [1.165, 1.54) is 6.08 Å². The number of nitrogens with zero attached hydrogens (tertiary/aromatic N) is 1. The number of aliphatic hydroxyl groups excluding tert-OH is 1. The number of allylic oxidation sites excluding steroid dienone is 2. The van der Waals surface area contributed by atoms with E-state index in [2.05, 4.69) is 0 Å². The second-order valence-corrected chi connectivity index (χ2v) is 4.17. The van der Waals surface area contributed by atoms with Gasteiger partial charge in [-0.2, -0.15) is 5.26 Å². The Balaban J connectivity index is 2.46. The van der Waals surface area contributed by atoms with Crippen molar-refractivity contribution in [3.8, 4) is 6.07 Å². The summed E-state index contributed by atoms with van der Waals surface area (Å²) >= 11 is 0. The summed E-state index contributed by atoms with van der Waals surface area (Å²) in [6, 6.07) is 10.9. The first-order valence-corrected chi connectivity index (χ1v) is 5.40. The molecule has 0 heterocycles. The summed E-state index contributed by atoms with van der Waals surface area (Å²) < 4.78 is 0. The molecule has 0 radical (unpaired) electrons. The Kier molecular flexibility index (Phi) is 2.90. The maximum absolute atomic E-state index is 11.2. The van der Waals surface area contributed by atoms with E-state index in [1.807, 2.05) is 30.3 Å². The van der Waals surface area contributed by atoms with Crippen LogP contribution >= 0.6 is 0 Å². The number of nitriles is 1. The SMILES string of the molecule is N#CC1(C(=O)O)C=C(O)C=C(c2ccccc2)C1. The van der Waals surface area contributed by atoms with Crippen molar-refractivity contribution in [2.75, 3.05) is 0 Å². The molecule has 2 N–H and O–H groups in total. The molecule has 0 saturated heterocycles. The van der Waals surface area contributed by atoms with Crippen molar-refractivity contribution in [1.82, 2.24) is 0 Å². The Labute approximate surface area is 104 Å². The second kappa shape index (κ2) is 4.38. The Morgan fingerprint density at radius 1 is 1.33 bits per heavy atom. The quantitative estimate of drug-likeness (QED) is 0.833. The highest BCUT2D eigenvalue weighted by atomic mass is 16.4. The topological polar surface area (TPSA) is 81.3 Å². The molecular weight excluding hydrogens is 230 g/mol. The van der Waals surface area contributed by atoms with Crippen LogP contribution in [0, 0.1) is 16.7 Å². The molecule has 90 valence electrons. The largest absolute Gasteiger partial charge is 0.508 e. The standard InChI is InChI=1S/C14H11NO3/c15-9-14(13(17)18)7-11(6-12(16)8-14)10-4-2-1-3-5-10/h1-6,8,16H,7H2,(H,17,18). The molecule has 1 aliphatic carbocycles. The van der Waals surface area contributed by atoms with Crippen molar-refractivity contribution in [2.24, 2.45) is 5.41 Å². The summed E-state index contributed by atoms with van der Waals surface area (Å²) in [7, 11) is 0. The number of carbonyl (C=O) groups is 1. The van der Waals surface area contributed by atoms with Crippen LogP contribution in [0.1, 0.15) is 12.0 Å². The van der Waals surface area contributed by atoms with Crippen LogP contribution in [-0.4, -0.2) is 16.2 Å². The lowest BCUT2D eigenvalue weighted by Crippen LogP contribution is -2.29. The van der Waals surface area contributed by atoms with Crippen molar-refractivity contribution in [3.05, 3.63) is 53.8 Å². The van der Waals surface area contributed by atoms with Crippen LogP contribution in [0.4, 0.5) is 0 Å². The molecule has 4 heteroatoms. The number of hydrogen-bond acceptors (Lipinski definition) is 3. The fraction of sp³-hybridized carbons (Fsp3) is 0.143. The summed E-state index contributed by atoms with van der Waals surface area (Å²) in [5.74, 6) is -1.44. The molecule has 2 rings (SSSR count). The fourth-order valence-corrected chi connectivity index (χ4v) is 1.97. The molecule has 1 aliphatic rings. The molecule has 0 bridgehead atoms. The molecule has 0 aliphatic heterocycles. The molecule has 0 amide bonds. The molecule has 1 unspecified atom stereocenters. The van der Waals surface area contributed by atoms with Crippen LogP contribution in [0.2, 0.25) is 0 Å². The first-order chi connectivity index (χ1) is 8.57. The van der Waals surface area contributed by atoms with E-state index >= 15 is 0 Å². The minimum absolute atomic E-state index is 0.0485. The molecule has 0 fully saturated rings. The van der Waals surface area contributed by atoms with Gasteiger partial charge in [0.05, 0.1) is 6.07 Å². The predicted octanol–water partition coefficient (Wildman–Crippen LogP) is 2.51. The number of rotatable bonds is 2. The molecule has 0 spiro atoms. The monoisotopic (exact) mass is 241 g/mol. The summed E-state index contributed by atoms with van der Waals surface area (Å²) in [5.41, 5.74) is -0.248. The number of carboxylic acid groups (broad SMARTS) is 1. The van der Waals surface area contributed by atoms with Crippen LogP contribution in [0.5, 0.6) is 0 Å². The van der Waals surface area contributed by atoms with Gasteiger partial charge in [0, 0.05) is 6.42 Å². The van der Waals surface area contributed by atoms with Crippen LogP contribution in [-0.2, 0) is 4.79 Å². The van der Waals surface area contributed by atoms with Gasteiger partial charge in [-0.15, -0.1) is 0 Å². The third kappa shape index (κ3) is 1.98. The zero-order chi connectivity index (χ0) is 13.2. The Bertz CT molecular complexity index is 581. The van der Waals surface area contributed by atoms with Crippen molar-refractivity contribution >= 4 is 11.5 Å². The molecule has 18 heavy (non-hydrogen) atoms. The van der Waals surface area contributed by atoms with Gasteiger partial charge in [-0.25, -0.2) is 0 Å². The van der Waals surface area contributed by atoms with Gasteiger partial charge in [0.1, 0.15) is 5.76 Å². The van der Waals surface area contributed by atoms with E-state index in [0.29, 0.717) is 5.57 Å². The first kappa shape index (κ1) is 11.9. The summed E-state index contributed by atoms with van der Waals surface area (Å²) in [5, 5.41) is 27.9. The van der Waals surface area contributed by atoms with Crippen molar-refractivity contribution in [3.63, 3.8) is 0 Å². The van der Waals surface area contributed by atoms with Gasteiger partial charge in [0.2, 0.25) is 0 Å². The summed E-state index contributed by atoms with van der Waals surface area (Å²) in [4.78, 5) is 11.2. The lowest BCUT2D eigenvalue weighted by Gasteiger charge is -2.23. The highest BCUT2D eigenvalue weighted by Crippen LogP contribution is 2.37. The zero-order valence-electron chi connectivity index (χ0n) is 9.50.